The van der Waals surface area contributed by atoms with Gasteiger partial charge in [-0.15, -0.1) is 0 Å². The molecule has 0 N–H and O–H groups in total. The molecule has 0 bridgehead atoms. The summed E-state index contributed by atoms with van der Waals surface area (Å²) in [5.41, 5.74) is 2.06. The van der Waals surface area contributed by atoms with Gasteiger partial charge in [0, 0.05) is 5.56 Å². The Hall–Kier alpha value is -2.19. The second-order valence-electron chi connectivity index (χ2n) is 4.75. The van der Waals surface area contributed by atoms with Crippen LogP contribution in [0.25, 0.3) is 21.9 Å². The summed E-state index contributed by atoms with van der Waals surface area (Å²) in [4.78, 5) is 0. The topological polar surface area (TPSA) is 18.5 Å². The maximum Gasteiger partial charge on any atom is 0.145 e. The number of fused-ring (bicyclic) bond motifs is 1. The molecule has 0 aromatic heterocycles. The van der Waals surface area contributed by atoms with Gasteiger partial charge in [0.15, 0.2) is 0 Å². The lowest BCUT2D eigenvalue weighted by molar-refractivity contribution is 0.415. The molecular weight excluding hydrogens is 284 g/mol. The van der Waals surface area contributed by atoms with Crippen LogP contribution in [-0.2, 0) is 0 Å². The van der Waals surface area contributed by atoms with Crippen LogP contribution in [0.3, 0.4) is 0 Å². The zero-order valence-electron chi connectivity index (χ0n) is 11.9. The summed E-state index contributed by atoms with van der Waals surface area (Å²) >= 11 is 6.20. The first-order valence-electron chi connectivity index (χ1n) is 6.63. The smallest absolute Gasteiger partial charge is 0.145 e. The summed E-state index contributed by atoms with van der Waals surface area (Å²) in [6, 6.07) is 18.1. The van der Waals surface area contributed by atoms with Gasteiger partial charge in [-0.1, -0.05) is 41.9 Å². The molecular formula is C18H15ClO2. The highest BCUT2D eigenvalue weighted by atomic mass is 35.5. The molecule has 3 heteroatoms. The van der Waals surface area contributed by atoms with Crippen molar-refractivity contribution in [2.24, 2.45) is 0 Å². The molecule has 0 heterocycles. The minimum Gasteiger partial charge on any atom is -0.497 e. The lowest BCUT2D eigenvalue weighted by Gasteiger charge is -2.11. The van der Waals surface area contributed by atoms with Crippen LogP contribution in [0.1, 0.15) is 0 Å². The van der Waals surface area contributed by atoms with Gasteiger partial charge in [-0.3, -0.25) is 0 Å². The first-order chi connectivity index (χ1) is 10.2. The van der Waals surface area contributed by atoms with Gasteiger partial charge in [0.25, 0.3) is 0 Å². The normalized spacial score (nSPS) is 10.6. The van der Waals surface area contributed by atoms with Gasteiger partial charge in [-0.25, -0.2) is 0 Å². The molecule has 21 heavy (non-hydrogen) atoms. The van der Waals surface area contributed by atoms with Gasteiger partial charge >= 0.3 is 0 Å². The molecule has 0 atom stereocenters. The van der Waals surface area contributed by atoms with E-state index >= 15 is 0 Å². The van der Waals surface area contributed by atoms with Crippen molar-refractivity contribution in [2.45, 2.75) is 0 Å². The highest BCUT2D eigenvalue weighted by molar-refractivity contribution is 6.32. The van der Waals surface area contributed by atoms with E-state index in [-0.39, 0.29) is 0 Å². The van der Waals surface area contributed by atoms with E-state index in [2.05, 4.69) is 24.3 Å². The Morgan fingerprint density at radius 1 is 0.810 bits per heavy atom. The van der Waals surface area contributed by atoms with Crippen molar-refractivity contribution in [2.75, 3.05) is 14.2 Å². The Kier molecular flexibility index (Phi) is 3.72. The van der Waals surface area contributed by atoms with E-state index in [1.54, 1.807) is 14.2 Å². The molecule has 0 radical (unpaired) electrons. The van der Waals surface area contributed by atoms with Gasteiger partial charge < -0.3 is 9.47 Å². The second kappa shape index (κ2) is 5.66. The lowest BCUT2D eigenvalue weighted by atomic mass is 10.0. The Labute approximate surface area is 128 Å². The second-order valence-corrected chi connectivity index (χ2v) is 5.16. The van der Waals surface area contributed by atoms with E-state index in [0.717, 1.165) is 27.6 Å². The Morgan fingerprint density at radius 3 is 2.33 bits per heavy atom. The number of halogens is 1. The van der Waals surface area contributed by atoms with E-state index in [9.17, 15) is 0 Å². The summed E-state index contributed by atoms with van der Waals surface area (Å²) in [5, 5.41) is 2.90. The number of hydrogen-bond acceptors (Lipinski definition) is 2. The quantitative estimate of drug-likeness (QED) is 0.663. The number of para-hydroxylation sites is 1. The van der Waals surface area contributed by atoms with Crippen LogP contribution in [0.5, 0.6) is 11.5 Å². The fourth-order valence-corrected chi connectivity index (χ4v) is 2.71. The van der Waals surface area contributed by atoms with Crippen LogP contribution in [0, 0.1) is 0 Å². The SMILES string of the molecule is COc1ccc2cc(-c3cccc(Cl)c3OC)ccc2c1. The fraction of sp³-hybridized carbons (Fsp3) is 0.111. The van der Waals surface area contributed by atoms with Crippen molar-refractivity contribution in [3.05, 3.63) is 59.6 Å². The molecule has 0 aliphatic carbocycles. The van der Waals surface area contributed by atoms with Crippen molar-refractivity contribution in [1.29, 1.82) is 0 Å². The molecule has 0 saturated carbocycles. The minimum absolute atomic E-state index is 0.616. The highest BCUT2D eigenvalue weighted by Gasteiger charge is 2.10. The molecule has 0 fully saturated rings. The fourth-order valence-electron chi connectivity index (χ4n) is 2.46. The maximum absolute atomic E-state index is 6.20. The van der Waals surface area contributed by atoms with Crippen LogP contribution in [0.4, 0.5) is 0 Å². The average molecular weight is 299 g/mol. The first-order valence-corrected chi connectivity index (χ1v) is 7.01. The Morgan fingerprint density at radius 2 is 1.57 bits per heavy atom. The zero-order chi connectivity index (χ0) is 14.8. The van der Waals surface area contributed by atoms with E-state index in [1.165, 1.54) is 0 Å². The number of rotatable bonds is 3. The van der Waals surface area contributed by atoms with E-state index in [0.29, 0.717) is 10.8 Å². The van der Waals surface area contributed by atoms with Crippen molar-refractivity contribution in [3.8, 4) is 22.6 Å². The van der Waals surface area contributed by atoms with Gasteiger partial charge in [-0.05, 0) is 40.6 Å². The molecule has 3 aromatic rings. The average Bonchev–Trinajstić information content (AvgIpc) is 2.53. The number of ether oxygens (including phenoxy) is 2. The van der Waals surface area contributed by atoms with Crippen LogP contribution in [-0.4, -0.2) is 14.2 Å². The minimum atomic E-state index is 0.616. The Bertz CT molecular complexity index is 796. The van der Waals surface area contributed by atoms with Crippen molar-refractivity contribution in [3.63, 3.8) is 0 Å². The third kappa shape index (κ3) is 2.55. The Balaban J connectivity index is 2.16. The van der Waals surface area contributed by atoms with E-state index in [4.69, 9.17) is 21.1 Å². The standard InChI is InChI=1S/C18H15ClO2/c1-20-15-9-8-12-10-14(7-6-13(12)11-15)16-4-3-5-17(19)18(16)21-2/h3-11H,1-2H3. The van der Waals surface area contributed by atoms with Crippen LogP contribution in [0.2, 0.25) is 5.02 Å². The summed E-state index contributed by atoms with van der Waals surface area (Å²) in [6.45, 7) is 0. The highest BCUT2D eigenvalue weighted by Crippen LogP contribution is 2.37. The van der Waals surface area contributed by atoms with Gasteiger partial charge in [0.05, 0.1) is 19.2 Å². The molecule has 0 unspecified atom stereocenters. The summed E-state index contributed by atoms with van der Waals surface area (Å²) < 4.78 is 10.7. The van der Waals surface area contributed by atoms with Crippen molar-refractivity contribution in [1.82, 2.24) is 0 Å². The van der Waals surface area contributed by atoms with Crippen LogP contribution < -0.4 is 9.47 Å². The number of benzene rings is 3. The van der Waals surface area contributed by atoms with Gasteiger partial charge in [-0.2, -0.15) is 0 Å². The van der Waals surface area contributed by atoms with E-state index in [1.807, 2.05) is 30.3 Å². The first kappa shape index (κ1) is 13.8. The van der Waals surface area contributed by atoms with Crippen molar-refractivity contribution >= 4 is 22.4 Å². The number of methoxy groups -OCH3 is 2. The molecule has 3 rings (SSSR count). The van der Waals surface area contributed by atoms with Gasteiger partial charge in [0.2, 0.25) is 0 Å². The molecule has 3 aromatic carbocycles. The molecule has 0 aliphatic rings. The molecule has 106 valence electrons. The third-order valence-corrected chi connectivity index (χ3v) is 3.83. The molecule has 0 amide bonds. The largest absolute Gasteiger partial charge is 0.497 e. The third-order valence-electron chi connectivity index (χ3n) is 3.53. The molecule has 2 nitrogen and oxygen atoms in total. The molecule has 0 aliphatic heterocycles. The lowest BCUT2D eigenvalue weighted by Crippen LogP contribution is -1.89. The van der Waals surface area contributed by atoms with Crippen LogP contribution >= 0.6 is 11.6 Å². The summed E-state index contributed by atoms with van der Waals surface area (Å²) in [6.07, 6.45) is 0. The number of hydrogen-bond donors (Lipinski definition) is 0. The summed E-state index contributed by atoms with van der Waals surface area (Å²) in [7, 11) is 3.31. The molecule has 0 saturated heterocycles. The predicted octanol–water partition coefficient (Wildman–Crippen LogP) is 5.18. The van der Waals surface area contributed by atoms with Gasteiger partial charge in [0.1, 0.15) is 11.5 Å². The maximum atomic E-state index is 6.20. The zero-order valence-corrected chi connectivity index (χ0v) is 12.6. The summed E-state index contributed by atoms with van der Waals surface area (Å²) in [5.74, 6) is 1.56. The van der Waals surface area contributed by atoms with E-state index < -0.39 is 0 Å². The molecule has 0 spiro atoms. The predicted molar refractivity (Wildman–Crippen MR) is 87.5 cm³/mol. The van der Waals surface area contributed by atoms with Crippen LogP contribution in [0.15, 0.2) is 54.6 Å². The monoisotopic (exact) mass is 298 g/mol. The van der Waals surface area contributed by atoms with Crippen molar-refractivity contribution < 1.29 is 9.47 Å².